The lowest BCUT2D eigenvalue weighted by Gasteiger charge is -2.12. The molecule has 2 aromatic heterocycles. The third-order valence-corrected chi connectivity index (χ3v) is 3.06. The van der Waals surface area contributed by atoms with E-state index < -0.39 is 0 Å². The van der Waals surface area contributed by atoms with Crippen molar-refractivity contribution in [2.75, 3.05) is 7.11 Å². The van der Waals surface area contributed by atoms with Crippen LogP contribution in [0.4, 0.5) is 0 Å². The Hall–Kier alpha value is -2.02. The SMILES string of the molecule is CC[C@H](C)[C@H](N)c1nc(-c2cc(OC)ncn2)no1. The molecule has 0 aromatic carbocycles. The van der Waals surface area contributed by atoms with Crippen LogP contribution in [0.15, 0.2) is 16.9 Å². The summed E-state index contributed by atoms with van der Waals surface area (Å²) in [7, 11) is 1.53. The van der Waals surface area contributed by atoms with E-state index in [1.165, 1.54) is 13.4 Å². The van der Waals surface area contributed by atoms with Crippen molar-refractivity contribution in [3.8, 4) is 17.4 Å². The van der Waals surface area contributed by atoms with Gasteiger partial charge in [0.1, 0.15) is 12.0 Å². The Morgan fingerprint density at radius 1 is 1.42 bits per heavy atom. The van der Waals surface area contributed by atoms with Crippen LogP contribution in [0.1, 0.15) is 32.2 Å². The van der Waals surface area contributed by atoms with E-state index in [9.17, 15) is 0 Å². The molecule has 0 amide bonds. The summed E-state index contributed by atoms with van der Waals surface area (Å²) >= 11 is 0. The predicted octanol–water partition coefficient (Wildman–Crippen LogP) is 1.58. The minimum atomic E-state index is -0.269. The summed E-state index contributed by atoms with van der Waals surface area (Å²) in [4.78, 5) is 12.3. The van der Waals surface area contributed by atoms with E-state index in [4.69, 9.17) is 15.0 Å². The average molecular weight is 263 g/mol. The Bertz CT molecular complexity index is 542. The number of rotatable bonds is 5. The van der Waals surface area contributed by atoms with Gasteiger partial charge in [-0.2, -0.15) is 4.98 Å². The fraction of sp³-hybridized carbons (Fsp3) is 0.500. The van der Waals surface area contributed by atoms with Gasteiger partial charge in [-0.05, 0) is 5.92 Å². The smallest absolute Gasteiger partial charge is 0.244 e. The standard InChI is InChI=1S/C12H17N5O2/c1-4-7(2)10(13)12-16-11(17-19-12)8-5-9(18-3)15-6-14-8/h5-7,10H,4,13H2,1-3H3/t7-,10-/m0/s1. The highest BCUT2D eigenvalue weighted by atomic mass is 16.5. The molecule has 0 radical (unpaired) electrons. The zero-order valence-electron chi connectivity index (χ0n) is 11.2. The first-order valence-corrected chi connectivity index (χ1v) is 6.11. The van der Waals surface area contributed by atoms with E-state index in [0.29, 0.717) is 23.3 Å². The van der Waals surface area contributed by atoms with Crippen LogP contribution in [0.5, 0.6) is 5.88 Å². The summed E-state index contributed by atoms with van der Waals surface area (Å²) in [5.41, 5.74) is 6.58. The van der Waals surface area contributed by atoms with Gasteiger partial charge in [-0.3, -0.25) is 0 Å². The lowest BCUT2D eigenvalue weighted by Crippen LogP contribution is -2.18. The van der Waals surface area contributed by atoms with Crippen LogP contribution in [-0.4, -0.2) is 27.2 Å². The number of nitrogens with zero attached hydrogens (tertiary/aromatic N) is 4. The average Bonchev–Trinajstić information content (AvgIpc) is 2.95. The molecular weight excluding hydrogens is 246 g/mol. The maximum absolute atomic E-state index is 6.04. The normalized spacial score (nSPS) is 14.1. The number of hydrogen-bond donors (Lipinski definition) is 1. The van der Waals surface area contributed by atoms with Gasteiger partial charge in [0.2, 0.25) is 17.6 Å². The molecular formula is C12H17N5O2. The summed E-state index contributed by atoms with van der Waals surface area (Å²) in [6.07, 6.45) is 2.33. The first-order chi connectivity index (χ1) is 9.15. The van der Waals surface area contributed by atoms with Crippen LogP contribution in [0.25, 0.3) is 11.5 Å². The highest BCUT2D eigenvalue weighted by Crippen LogP contribution is 2.23. The van der Waals surface area contributed by atoms with E-state index in [2.05, 4.69) is 27.0 Å². The largest absolute Gasteiger partial charge is 0.481 e. The predicted molar refractivity (Wildman–Crippen MR) is 68.3 cm³/mol. The first-order valence-electron chi connectivity index (χ1n) is 6.11. The number of nitrogens with two attached hydrogens (primary N) is 1. The monoisotopic (exact) mass is 263 g/mol. The second-order valence-corrected chi connectivity index (χ2v) is 4.31. The second kappa shape index (κ2) is 5.75. The molecule has 102 valence electrons. The zero-order chi connectivity index (χ0) is 13.8. The molecule has 2 N–H and O–H groups in total. The third-order valence-electron chi connectivity index (χ3n) is 3.06. The van der Waals surface area contributed by atoms with Crippen LogP contribution >= 0.6 is 0 Å². The Kier molecular flexibility index (Phi) is 4.06. The van der Waals surface area contributed by atoms with Gasteiger partial charge < -0.3 is 15.0 Å². The van der Waals surface area contributed by atoms with Crippen molar-refractivity contribution in [1.29, 1.82) is 0 Å². The first kappa shape index (κ1) is 13.4. The molecule has 7 nitrogen and oxygen atoms in total. The van der Waals surface area contributed by atoms with E-state index in [1.54, 1.807) is 6.07 Å². The summed E-state index contributed by atoms with van der Waals surface area (Å²) in [5, 5.41) is 3.89. The molecule has 0 unspecified atom stereocenters. The minimum absolute atomic E-state index is 0.269. The summed E-state index contributed by atoms with van der Waals surface area (Å²) < 4.78 is 10.2. The van der Waals surface area contributed by atoms with Gasteiger partial charge in [0, 0.05) is 6.07 Å². The molecule has 0 bridgehead atoms. The molecule has 0 aliphatic rings. The van der Waals surface area contributed by atoms with E-state index in [0.717, 1.165) is 6.42 Å². The van der Waals surface area contributed by atoms with E-state index >= 15 is 0 Å². The van der Waals surface area contributed by atoms with Crippen molar-refractivity contribution in [3.63, 3.8) is 0 Å². The fourth-order valence-electron chi connectivity index (χ4n) is 1.55. The van der Waals surface area contributed by atoms with Crippen LogP contribution < -0.4 is 10.5 Å². The summed E-state index contributed by atoms with van der Waals surface area (Å²) in [6.45, 7) is 4.11. The van der Waals surface area contributed by atoms with Crippen molar-refractivity contribution < 1.29 is 9.26 Å². The highest BCUT2D eigenvalue weighted by molar-refractivity contribution is 5.49. The Morgan fingerprint density at radius 3 is 2.89 bits per heavy atom. The number of aromatic nitrogens is 4. The topological polar surface area (TPSA) is 100.0 Å². The molecule has 7 heteroatoms. The molecule has 0 fully saturated rings. The van der Waals surface area contributed by atoms with Gasteiger partial charge in [-0.25, -0.2) is 9.97 Å². The van der Waals surface area contributed by atoms with Gasteiger partial charge in [-0.1, -0.05) is 25.4 Å². The third kappa shape index (κ3) is 2.87. The Balaban J connectivity index is 2.25. The highest BCUT2D eigenvalue weighted by Gasteiger charge is 2.21. The summed E-state index contributed by atoms with van der Waals surface area (Å²) in [6, 6.07) is 1.37. The molecule has 0 saturated heterocycles. The molecule has 2 atom stereocenters. The second-order valence-electron chi connectivity index (χ2n) is 4.31. The fourth-order valence-corrected chi connectivity index (χ4v) is 1.55. The maximum atomic E-state index is 6.04. The number of hydrogen-bond acceptors (Lipinski definition) is 7. The molecule has 2 aromatic rings. The molecule has 0 aliphatic heterocycles. The van der Waals surface area contributed by atoms with Crippen molar-refractivity contribution in [2.45, 2.75) is 26.3 Å². The van der Waals surface area contributed by atoms with Crippen LogP contribution in [0.3, 0.4) is 0 Å². The van der Waals surface area contributed by atoms with Crippen molar-refractivity contribution in [3.05, 3.63) is 18.3 Å². The Labute approximate surface area is 111 Å². The number of ether oxygens (including phenoxy) is 1. The summed E-state index contributed by atoms with van der Waals surface area (Å²) in [5.74, 6) is 1.52. The van der Waals surface area contributed by atoms with Crippen molar-refractivity contribution >= 4 is 0 Å². The van der Waals surface area contributed by atoms with E-state index in [1.807, 2.05) is 6.92 Å². The van der Waals surface area contributed by atoms with Crippen LogP contribution in [0, 0.1) is 5.92 Å². The Morgan fingerprint density at radius 2 is 2.21 bits per heavy atom. The van der Waals surface area contributed by atoms with Crippen LogP contribution in [0.2, 0.25) is 0 Å². The van der Waals surface area contributed by atoms with E-state index in [-0.39, 0.29) is 12.0 Å². The molecule has 0 aliphatic carbocycles. The molecule has 2 heterocycles. The maximum Gasteiger partial charge on any atom is 0.244 e. The molecule has 19 heavy (non-hydrogen) atoms. The minimum Gasteiger partial charge on any atom is -0.481 e. The van der Waals surface area contributed by atoms with Gasteiger partial charge in [-0.15, -0.1) is 0 Å². The molecule has 0 saturated carbocycles. The van der Waals surface area contributed by atoms with Gasteiger partial charge in [0.05, 0.1) is 13.2 Å². The molecule has 2 rings (SSSR count). The van der Waals surface area contributed by atoms with Crippen molar-refractivity contribution in [1.82, 2.24) is 20.1 Å². The zero-order valence-corrected chi connectivity index (χ0v) is 11.2. The lowest BCUT2D eigenvalue weighted by atomic mass is 10.0. The molecule has 0 spiro atoms. The van der Waals surface area contributed by atoms with Gasteiger partial charge in [0.15, 0.2) is 0 Å². The quantitative estimate of drug-likeness (QED) is 0.873. The van der Waals surface area contributed by atoms with Crippen molar-refractivity contribution in [2.24, 2.45) is 11.7 Å². The van der Waals surface area contributed by atoms with Crippen LogP contribution in [-0.2, 0) is 0 Å². The number of methoxy groups -OCH3 is 1. The van der Waals surface area contributed by atoms with Gasteiger partial charge in [0.25, 0.3) is 0 Å². The lowest BCUT2D eigenvalue weighted by molar-refractivity contribution is 0.312. The van der Waals surface area contributed by atoms with Gasteiger partial charge >= 0.3 is 0 Å².